The molecule has 2 aromatic carbocycles. The third kappa shape index (κ3) is 4.12. The molecule has 2 aromatic heterocycles. The summed E-state index contributed by atoms with van der Waals surface area (Å²) < 4.78 is 19.8. The van der Waals surface area contributed by atoms with E-state index in [4.69, 9.17) is 21.9 Å². The van der Waals surface area contributed by atoms with Gasteiger partial charge in [0, 0.05) is 41.5 Å². The molecule has 4 aromatic rings. The molecule has 0 aliphatic rings. The number of hydrogen-bond donors (Lipinski definition) is 1. The van der Waals surface area contributed by atoms with Gasteiger partial charge in [0.15, 0.2) is 0 Å². The Morgan fingerprint density at radius 2 is 1.91 bits per heavy atom. The molecule has 1 amide bonds. The predicted molar refractivity (Wildman–Crippen MR) is 122 cm³/mol. The van der Waals surface area contributed by atoms with Gasteiger partial charge in [-0.3, -0.25) is 9.78 Å². The van der Waals surface area contributed by atoms with Gasteiger partial charge in [-0.1, -0.05) is 29.7 Å². The van der Waals surface area contributed by atoms with Gasteiger partial charge in [-0.25, -0.2) is 9.29 Å². The van der Waals surface area contributed by atoms with Gasteiger partial charge in [0.2, 0.25) is 11.8 Å². The van der Waals surface area contributed by atoms with Crippen molar-refractivity contribution in [2.75, 3.05) is 4.90 Å². The Morgan fingerprint density at radius 1 is 1.12 bits per heavy atom. The summed E-state index contributed by atoms with van der Waals surface area (Å²) in [6.45, 7) is 1.80. The first-order chi connectivity index (χ1) is 15.5. The van der Waals surface area contributed by atoms with Crippen molar-refractivity contribution in [2.24, 2.45) is 5.73 Å². The summed E-state index contributed by atoms with van der Waals surface area (Å²) in [6, 6.07) is 15.1. The van der Waals surface area contributed by atoms with Crippen LogP contribution in [0.25, 0.3) is 22.4 Å². The lowest BCUT2D eigenvalue weighted by Crippen LogP contribution is -2.25. The van der Waals surface area contributed by atoms with Gasteiger partial charge in [-0.2, -0.15) is 0 Å². The van der Waals surface area contributed by atoms with Gasteiger partial charge in [-0.15, -0.1) is 0 Å². The van der Waals surface area contributed by atoms with Crippen LogP contribution in [0.5, 0.6) is 0 Å². The first-order valence-corrected chi connectivity index (χ1v) is 10.4. The average Bonchev–Trinajstić information content (AvgIpc) is 3.24. The van der Waals surface area contributed by atoms with Gasteiger partial charge in [0.1, 0.15) is 11.5 Å². The molecule has 8 heteroatoms. The molecule has 6 nitrogen and oxygen atoms in total. The third-order valence-electron chi connectivity index (χ3n) is 5.00. The van der Waals surface area contributed by atoms with Crippen LogP contribution < -0.4 is 10.6 Å². The fraction of sp³-hybridized carbons (Fsp3) is 0.125. The van der Waals surface area contributed by atoms with Gasteiger partial charge < -0.3 is 10.3 Å². The molecule has 0 unspecified atom stereocenters. The van der Waals surface area contributed by atoms with Crippen LogP contribution >= 0.6 is 11.6 Å². The van der Waals surface area contributed by atoms with Crippen LogP contribution in [0, 0.1) is 5.82 Å². The van der Waals surface area contributed by atoms with E-state index in [1.807, 2.05) is 0 Å². The summed E-state index contributed by atoms with van der Waals surface area (Å²) in [5, 5.41) is 4.75. The first kappa shape index (κ1) is 21.7. The van der Waals surface area contributed by atoms with Crippen LogP contribution in [-0.2, 0) is 11.3 Å². The average molecular weight is 451 g/mol. The molecule has 0 aliphatic carbocycles. The minimum atomic E-state index is -0.396. The smallest absolute Gasteiger partial charge is 0.247 e. The number of aromatic nitrogens is 2. The Bertz CT molecular complexity index is 1260. The maximum Gasteiger partial charge on any atom is 0.247 e. The minimum absolute atomic E-state index is 0.0396. The highest BCUT2D eigenvalue weighted by Gasteiger charge is 2.29. The minimum Gasteiger partial charge on any atom is -0.337 e. The number of carbonyl (C=O) groups is 1. The number of halogens is 2. The Morgan fingerprint density at radius 3 is 2.59 bits per heavy atom. The largest absolute Gasteiger partial charge is 0.337 e. The maximum absolute atomic E-state index is 14.1. The van der Waals surface area contributed by atoms with Crippen molar-refractivity contribution in [1.29, 1.82) is 0 Å². The zero-order chi connectivity index (χ0) is 22.7. The summed E-state index contributed by atoms with van der Waals surface area (Å²) in [4.78, 5) is 18.5. The Kier molecular flexibility index (Phi) is 6.30. The van der Waals surface area contributed by atoms with E-state index in [0.717, 1.165) is 5.56 Å². The fourth-order valence-electron chi connectivity index (χ4n) is 3.44. The predicted octanol–water partition coefficient (Wildman–Crippen LogP) is 5.73. The molecule has 0 aliphatic heterocycles. The summed E-state index contributed by atoms with van der Waals surface area (Å²) in [5.74, 6) is -0.363. The van der Waals surface area contributed by atoms with Crippen molar-refractivity contribution in [3.63, 3.8) is 0 Å². The molecule has 2 heterocycles. The normalized spacial score (nSPS) is 10.9. The number of amides is 1. The van der Waals surface area contributed by atoms with Crippen LogP contribution in [0.2, 0.25) is 5.02 Å². The third-order valence-corrected chi connectivity index (χ3v) is 5.24. The second-order valence-electron chi connectivity index (χ2n) is 7.02. The van der Waals surface area contributed by atoms with Crippen molar-refractivity contribution in [1.82, 2.24) is 10.1 Å². The van der Waals surface area contributed by atoms with Crippen LogP contribution in [0.4, 0.5) is 16.0 Å². The number of rotatable bonds is 6. The summed E-state index contributed by atoms with van der Waals surface area (Å²) in [6.07, 6.45) is 3.50. The molecule has 0 saturated carbocycles. The van der Waals surface area contributed by atoms with E-state index in [9.17, 15) is 9.18 Å². The first-order valence-electron chi connectivity index (χ1n) is 10.0. The molecule has 4 rings (SSSR count). The van der Waals surface area contributed by atoms with Crippen LogP contribution in [0.1, 0.15) is 18.9 Å². The molecule has 0 fully saturated rings. The molecule has 162 valence electrons. The molecule has 0 saturated heterocycles. The zero-order valence-corrected chi connectivity index (χ0v) is 18.0. The van der Waals surface area contributed by atoms with Gasteiger partial charge in [0.25, 0.3) is 0 Å². The van der Waals surface area contributed by atoms with Crippen molar-refractivity contribution in [2.45, 2.75) is 19.9 Å². The highest BCUT2D eigenvalue weighted by Crippen LogP contribution is 2.42. The number of hydrogen-bond acceptors (Lipinski definition) is 5. The van der Waals surface area contributed by atoms with E-state index in [1.54, 1.807) is 67.8 Å². The summed E-state index contributed by atoms with van der Waals surface area (Å²) in [7, 11) is 0. The number of nitrogens with zero attached hydrogens (tertiary/aromatic N) is 3. The highest BCUT2D eigenvalue weighted by atomic mass is 35.5. The molecule has 2 N–H and O–H groups in total. The van der Waals surface area contributed by atoms with Gasteiger partial charge in [-0.05, 0) is 54.1 Å². The number of carbonyl (C=O) groups excluding carboxylic acids is 1. The van der Waals surface area contributed by atoms with Crippen molar-refractivity contribution in [3.8, 4) is 22.4 Å². The lowest BCUT2D eigenvalue weighted by Gasteiger charge is -2.21. The topological polar surface area (TPSA) is 85.2 Å². The van der Waals surface area contributed by atoms with Crippen LogP contribution in [-0.4, -0.2) is 16.0 Å². The van der Waals surface area contributed by atoms with Gasteiger partial charge >= 0.3 is 0 Å². The fourth-order valence-corrected chi connectivity index (χ4v) is 3.62. The second kappa shape index (κ2) is 9.30. The quantitative estimate of drug-likeness (QED) is 0.405. The van der Waals surface area contributed by atoms with E-state index in [0.29, 0.717) is 33.1 Å². The standard InChI is InChI=1S/C24H20ClFN4O2/c1-2-21(31)30(19-5-3-4-18(25)13-19)24-22(15-8-10-28-11-9-15)23(29-32-24)16-6-7-20(26)17(12-16)14-27/h3-13H,2,14,27H2,1H3. The molecule has 0 atom stereocenters. The van der Waals surface area contributed by atoms with E-state index in [2.05, 4.69) is 10.1 Å². The maximum atomic E-state index is 14.1. The SMILES string of the molecule is CCC(=O)N(c1cccc(Cl)c1)c1onc(-c2ccc(F)c(CN)c2)c1-c1ccncc1. The lowest BCUT2D eigenvalue weighted by atomic mass is 9.99. The van der Waals surface area contributed by atoms with Crippen molar-refractivity contribution < 1.29 is 13.7 Å². The van der Waals surface area contributed by atoms with Crippen LogP contribution in [0.3, 0.4) is 0 Å². The number of nitrogens with two attached hydrogens (primary N) is 1. The molecular formula is C24H20ClFN4O2. The monoisotopic (exact) mass is 450 g/mol. The second-order valence-corrected chi connectivity index (χ2v) is 7.46. The molecule has 0 radical (unpaired) electrons. The van der Waals surface area contributed by atoms with E-state index in [1.165, 1.54) is 11.0 Å². The number of anilines is 2. The van der Waals surface area contributed by atoms with E-state index < -0.39 is 5.82 Å². The van der Waals surface area contributed by atoms with E-state index >= 15 is 0 Å². The lowest BCUT2D eigenvalue weighted by molar-refractivity contribution is -0.117. The van der Waals surface area contributed by atoms with Crippen LogP contribution in [0.15, 0.2) is 71.5 Å². The van der Waals surface area contributed by atoms with Crippen molar-refractivity contribution >= 4 is 29.1 Å². The number of pyridine rings is 1. The molecule has 0 bridgehead atoms. The Hall–Kier alpha value is -3.55. The molecule has 0 spiro atoms. The summed E-state index contributed by atoms with van der Waals surface area (Å²) in [5.41, 5.74) is 8.97. The molecular weight excluding hydrogens is 431 g/mol. The Balaban J connectivity index is 1.97. The Labute approximate surface area is 189 Å². The number of benzene rings is 2. The molecule has 32 heavy (non-hydrogen) atoms. The highest BCUT2D eigenvalue weighted by molar-refractivity contribution is 6.31. The summed E-state index contributed by atoms with van der Waals surface area (Å²) >= 11 is 6.19. The zero-order valence-electron chi connectivity index (χ0n) is 17.3. The van der Waals surface area contributed by atoms with E-state index in [-0.39, 0.29) is 24.8 Å². The van der Waals surface area contributed by atoms with Crippen molar-refractivity contribution in [3.05, 3.63) is 83.4 Å². The van der Waals surface area contributed by atoms with Gasteiger partial charge in [0.05, 0.1) is 11.3 Å².